The van der Waals surface area contributed by atoms with E-state index in [9.17, 15) is 4.79 Å². The number of amides is 1. The van der Waals surface area contributed by atoms with E-state index in [4.69, 9.17) is 0 Å². The number of hydrogen-bond acceptors (Lipinski definition) is 3. The van der Waals surface area contributed by atoms with Gasteiger partial charge < -0.3 is 15.5 Å². The molecule has 0 spiro atoms. The molecule has 104 valence electrons. The van der Waals surface area contributed by atoms with E-state index >= 15 is 0 Å². The molecule has 4 heteroatoms. The minimum Gasteiger partial charge on any atom is -0.352 e. The lowest BCUT2D eigenvalue weighted by molar-refractivity contribution is -0.132. The number of likely N-dealkylation sites (tertiary alicyclic amines) is 1. The van der Waals surface area contributed by atoms with Crippen molar-refractivity contribution in [2.45, 2.75) is 45.6 Å². The second-order valence-electron chi connectivity index (χ2n) is 6.19. The third-order valence-electron chi connectivity index (χ3n) is 4.36. The van der Waals surface area contributed by atoms with Crippen molar-refractivity contribution < 1.29 is 4.79 Å². The Hall–Kier alpha value is -0.610. The molecule has 2 rings (SSSR count). The van der Waals surface area contributed by atoms with Gasteiger partial charge >= 0.3 is 0 Å². The number of carbonyl (C=O) groups is 1. The summed E-state index contributed by atoms with van der Waals surface area (Å²) in [5.41, 5.74) is -0.162. The molecule has 0 aromatic heterocycles. The lowest BCUT2D eigenvalue weighted by Gasteiger charge is -2.34. The summed E-state index contributed by atoms with van der Waals surface area (Å²) >= 11 is 0. The summed E-state index contributed by atoms with van der Waals surface area (Å²) in [6, 6.07) is 0.266. The molecule has 2 aliphatic rings. The van der Waals surface area contributed by atoms with Crippen LogP contribution in [0.4, 0.5) is 0 Å². The van der Waals surface area contributed by atoms with E-state index in [0.717, 1.165) is 32.5 Å². The SMILES string of the molecule is CC(CN1CCCC1)NC(=O)C1(C)CCNCC1. The zero-order valence-corrected chi connectivity index (χ0v) is 11.8. The topological polar surface area (TPSA) is 44.4 Å². The van der Waals surface area contributed by atoms with Crippen LogP contribution in [0.1, 0.15) is 39.5 Å². The summed E-state index contributed by atoms with van der Waals surface area (Å²) in [6.07, 6.45) is 4.53. The monoisotopic (exact) mass is 253 g/mol. The van der Waals surface area contributed by atoms with Crippen LogP contribution >= 0.6 is 0 Å². The molecular formula is C14H27N3O. The molecule has 1 amide bonds. The number of piperidine rings is 1. The van der Waals surface area contributed by atoms with Crippen LogP contribution in [0.25, 0.3) is 0 Å². The van der Waals surface area contributed by atoms with Crippen LogP contribution in [-0.2, 0) is 4.79 Å². The van der Waals surface area contributed by atoms with Crippen molar-refractivity contribution in [3.8, 4) is 0 Å². The predicted octanol–water partition coefficient (Wildman–Crippen LogP) is 0.977. The van der Waals surface area contributed by atoms with Gasteiger partial charge in [0, 0.05) is 18.0 Å². The van der Waals surface area contributed by atoms with Gasteiger partial charge in [-0.25, -0.2) is 0 Å². The van der Waals surface area contributed by atoms with Crippen molar-refractivity contribution in [3.05, 3.63) is 0 Å². The molecule has 2 heterocycles. The maximum atomic E-state index is 12.3. The minimum absolute atomic E-state index is 0.162. The fraction of sp³-hybridized carbons (Fsp3) is 0.929. The van der Waals surface area contributed by atoms with Crippen LogP contribution in [0.15, 0.2) is 0 Å². The molecule has 0 aliphatic carbocycles. The maximum Gasteiger partial charge on any atom is 0.226 e. The Kier molecular flexibility index (Phi) is 4.62. The Morgan fingerprint density at radius 3 is 2.56 bits per heavy atom. The first-order valence-corrected chi connectivity index (χ1v) is 7.34. The highest BCUT2D eigenvalue weighted by molar-refractivity contribution is 5.82. The third kappa shape index (κ3) is 3.45. The van der Waals surface area contributed by atoms with E-state index in [1.165, 1.54) is 25.9 Å². The highest BCUT2D eigenvalue weighted by Gasteiger charge is 2.35. The molecule has 1 unspecified atom stereocenters. The second kappa shape index (κ2) is 6.02. The van der Waals surface area contributed by atoms with Crippen LogP contribution in [0.5, 0.6) is 0 Å². The minimum atomic E-state index is -0.162. The Balaban J connectivity index is 1.78. The Morgan fingerprint density at radius 2 is 1.94 bits per heavy atom. The standard InChI is InChI=1S/C14H27N3O/c1-12(11-17-9-3-4-10-17)16-13(18)14(2)5-7-15-8-6-14/h12,15H,3-11H2,1-2H3,(H,16,18). The van der Waals surface area contributed by atoms with Gasteiger partial charge in [0.2, 0.25) is 5.91 Å². The van der Waals surface area contributed by atoms with Gasteiger partial charge in [-0.05, 0) is 58.8 Å². The highest BCUT2D eigenvalue weighted by atomic mass is 16.2. The van der Waals surface area contributed by atoms with Crippen molar-refractivity contribution >= 4 is 5.91 Å². The summed E-state index contributed by atoms with van der Waals surface area (Å²) in [6.45, 7) is 9.55. The molecule has 18 heavy (non-hydrogen) atoms. The van der Waals surface area contributed by atoms with Gasteiger partial charge in [-0.1, -0.05) is 6.92 Å². The van der Waals surface area contributed by atoms with Crippen molar-refractivity contribution in [3.63, 3.8) is 0 Å². The van der Waals surface area contributed by atoms with Crippen LogP contribution < -0.4 is 10.6 Å². The summed E-state index contributed by atoms with van der Waals surface area (Å²) < 4.78 is 0. The van der Waals surface area contributed by atoms with Gasteiger partial charge in [0.1, 0.15) is 0 Å². The van der Waals surface area contributed by atoms with Gasteiger partial charge in [-0.2, -0.15) is 0 Å². The summed E-state index contributed by atoms with van der Waals surface area (Å²) in [7, 11) is 0. The van der Waals surface area contributed by atoms with Crippen LogP contribution in [0, 0.1) is 5.41 Å². The summed E-state index contributed by atoms with van der Waals surface area (Å²) in [5.74, 6) is 0.246. The van der Waals surface area contributed by atoms with E-state index in [-0.39, 0.29) is 17.4 Å². The molecule has 0 radical (unpaired) electrons. The van der Waals surface area contributed by atoms with E-state index in [0.29, 0.717) is 0 Å². The first-order chi connectivity index (χ1) is 8.60. The quantitative estimate of drug-likeness (QED) is 0.785. The highest BCUT2D eigenvalue weighted by Crippen LogP contribution is 2.28. The van der Waals surface area contributed by atoms with E-state index in [1.54, 1.807) is 0 Å². The van der Waals surface area contributed by atoms with Crippen LogP contribution in [0.3, 0.4) is 0 Å². The molecule has 1 atom stereocenters. The van der Waals surface area contributed by atoms with Crippen LogP contribution in [0.2, 0.25) is 0 Å². The molecule has 0 aromatic rings. The van der Waals surface area contributed by atoms with Gasteiger partial charge in [0.15, 0.2) is 0 Å². The fourth-order valence-electron chi connectivity index (χ4n) is 3.00. The van der Waals surface area contributed by atoms with Gasteiger partial charge in [0.05, 0.1) is 0 Å². The molecule has 2 saturated heterocycles. The zero-order valence-electron chi connectivity index (χ0n) is 11.8. The number of nitrogens with zero attached hydrogens (tertiary/aromatic N) is 1. The Labute approximate surface area is 110 Å². The van der Waals surface area contributed by atoms with Crippen molar-refractivity contribution in [1.29, 1.82) is 0 Å². The molecule has 4 nitrogen and oxygen atoms in total. The van der Waals surface area contributed by atoms with Gasteiger partial charge in [-0.3, -0.25) is 4.79 Å². The van der Waals surface area contributed by atoms with Gasteiger partial charge in [-0.15, -0.1) is 0 Å². The van der Waals surface area contributed by atoms with E-state index < -0.39 is 0 Å². The average molecular weight is 253 g/mol. The van der Waals surface area contributed by atoms with Crippen molar-refractivity contribution in [2.75, 3.05) is 32.7 Å². The molecule has 2 fully saturated rings. The van der Waals surface area contributed by atoms with E-state index in [1.807, 2.05) is 0 Å². The number of rotatable bonds is 4. The largest absolute Gasteiger partial charge is 0.352 e. The summed E-state index contributed by atoms with van der Waals surface area (Å²) in [4.78, 5) is 14.8. The molecule has 0 aromatic carbocycles. The molecule has 0 bridgehead atoms. The molecular weight excluding hydrogens is 226 g/mol. The second-order valence-corrected chi connectivity index (χ2v) is 6.19. The molecule has 0 saturated carbocycles. The first-order valence-electron chi connectivity index (χ1n) is 7.34. The van der Waals surface area contributed by atoms with E-state index in [2.05, 4.69) is 29.4 Å². The van der Waals surface area contributed by atoms with Crippen LogP contribution in [-0.4, -0.2) is 49.6 Å². The number of carbonyl (C=O) groups excluding carboxylic acids is 1. The Bertz CT molecular complexity index is 281. The smallest absolute Gasteiger partial charge is 0.226 e. The normalized spacial score (nSPS) is 25.9. The first kappa shape index (κ1) is 13.8. The molecule has 2 N–H and O–H groups in total. The van der Waals surface area contributed by atoms with Crippen molar-refractivity contribution in [1.82, 2.24) is 15.5 Å². The maximum absolute atomic E-state index is 12.3. The predicted molar refractivity (Wildman–Crippen MR) is 73.5 cm³/mol. The van der Waals surface area contributed by atoms with Gasteiger partial charge in [0.25, 0.3) is 0 Å². The summed E-state index contributed by atoms with van der Waals surface area (Å²) in [5, 5.41) is 6.53. The third-order valence-corrected chi connectivity index (χ3v) is 4.36. The lowest BCUT2D eigenvalue weighted by atomic mass is 9.80. The fourth-order valence-corrected chi connectivity index (χ4v) is 3.00. The Morgan fingerprint density at radius 1 is 1.33 bits per heavy atom. The number of hydrogen-bond donors (Lipinski definition) is 2. The van der Waals surface area contributed by atoms with Crippen molar-refractivity contribution in [2.24, 2.45) is 5.41 Å². The number of nitrogens with one attached hydrogen (secondary N) is 2. The lowest BCUT2D eigenvalue weighted by Crippen LogP contribution is -2.50. The molecule has 2 aliphatic heterocycles. The average Bonchev–Trinajstić information content (AvgIpc) is 2.82. The zero-order chi connectivity index (χ0) is 13.0.